The van der Waals surface area contributed by atoms with Crippen molar-refractivity contribution in [3.63, 3.8) is 0 Å². The summed E-state index contributed by atoms with van der Waals surface area (Å²) in [6.45, 7) is 2.55. The fourth-order valence-corrected chi connectivity index (χ4v) is 2.31. The number of carbonyl (C=O) groups excluding carboxylic acids is 1. The van der Waals surface area contributed by atoms with E-state index in [9.17, 15) is 9.18 Å². The Bertz CT molecular complexity index is 862. The summed E-state index contributed by atoms with van der Waals surface area (Å²) in [6.07, 6.45) is 3.19. The molecular formula is C18H16FN3O. The first-order valence-corrected chi connectivity index (χ1v) is 7.36. The van der Waals surface area contributed by atoms with Crippen LogP contribution >= 0.6 is 0 Å². The predicted molar refractivity (Wildman–Crippen MR) is 87.6 cm³/mol. The Kier molecular flexibility index (Phi) is 4.02. The number of carbonyl (C=O) groups is 1. The molecule has 0 aliphatic rings. The topological polar surface area (TPSA) is 46.1 Å². The standard InChI is InChI=1S/C18H16FN3O/c1-3-22(2)18(23)12-7-8-16(20-10-12)13-9-14-15(19)5-4-6-17(14)21-11-13/h4-11H,3H2,1-2H3. The summed E-state index contributed by atoms with van der Waals surface area (Å²) in [4.78, 5) is 22.3. The van der Waals surface area contributed by atoms with E-state index < -0.39 is 0 Å². The molecule has 0 aliphatic carbocycles. The molecule has 0 bridgehead atoms. The second-order valence-corrected chi connectivity index (χ2v) is 5.28. The van der Waals surface area contributed by atoms with Crippen LogP contribution in [0.3, 0.4) is 0 Å². The van der Waals surface area contributed by atoms with Crippen LogP contribution in [0.25, 0.3) is 22.2 Å². The van der Waals surface area contributed by atoms with Crippen molar-refractivity contribution in [2.75, 3.05) is 13.6 Å². The third-order valence-corrected chi connectivity index (χ3v) is 3.80. The molecule has 0 fully saturated rings. The van der Waals surface area contributed by atoms with Crippen molar-refractivity contribution < 1.29 is 9.18 Å². The summed E-state index contributed by atoms with van der Waals surface area (Å²) in [5, 5.41) is 0.456. The second kappa shape index (κ2) is 6.12. The molecule has 0 radical (unpaired) electrons. The Hall–Kier alpha value is -2.82. The average Bonchev–Trinajstić information content (AvgIpc) is 2.60. The molecule has 0 N–H and O–H groups in total. The maximum atomic E-state index is 13.9. The Morgan fingerprint density at radius 2 is 2.00 bits per heavy atom. The molecule has 3 aromatic rings. The van der Waals surface area contributed by atoms with Gasteiger partial charge in [-0.3, -0.25) is 14.8 Å². The lowest BCUT2D eigenvalue weighted by molar-refractivity contribution is 0.0802. The molecule has 5 heteroatoms. The number of halogens is 1. The lowest BCUT2D eigenvalue weighted by Crippen LogP contribution is -2.26. The number of hydrogen-bond donors (Lipinski definition) is 0. The van der Waals surface area contributed by atoms with Crippen LogP contribution in [-0.2, 0) is 0 Å². The van der Waals surface area contributed by atoms with Gasteiger partial charge in [-0.25, -0.2) is 4.39 Å². The smallest absolute Gasteiger partial charge is 0.255 e. The van der Waals surface area contributed by atoms with Gasteiger partial charge in [0, 0.05) is 36.9 Å². The molecule has 1 aromatic carbocycles. The molecule has 0 saturated heterocycles. The van der Waals surface area contributed by atoms with Gasteiger partial charge in [0.2, 0.25) is 0 Å². The highest BCUT2D eigenvalue weighted by molar-refractivity contribution is 5.94. The largest absolute Gasteiger partial charge is 0.342 e. The maximum Gasteiger partial charge on any atom is 0.255 e. The van der Waals surface area contributed by atoms with E-state index in [0.29, 0.717) is 34.3 Å². The number of pyridine rings is 2. The molecule has 0 aliphatic heterocycles. The van der Waals surface area contributed by atoms with Gasteiger partial charge in [-0.15, -0.1) is 0 Å². The fraction of sp³-hybridized carbons (Fsp3) is 0.167. The zero-order valence-corrected chi connectivity index (χ0v) is 13.0. The lowest BCUT2D eigenvalue weighted by atomic mass is 10.1. The van der Waals surface area contributed by atoms with Gasteiger partial charge in [-0.1, -0.05) is 6.07 Å². The van der Waals surface area contributed by atoms with Gasteiger partial charge in [0.15, 0.2) is 0 Å². The Morgan fingerprint density at radius 3 is 2.70 bits per heavy atom. The zero-order chi connectivity index (χ0) is 16.4. The van der Waals surface area contributed by atoms with Crippen LogP contribution in [-0.4, -0.2) is 34.4 Å². The number of benzene rings is 1. The van der Waals surface area contributed by atoms with Gasteiger partial charge in [0.05, 0.1) is 16.8 Å². The quantitative estimate of drug-likeness (QED) is 0.743. The molecule has 0 unspecified atom stereocenters. The van der Waals surface area contributed by atoms with E-state index in [1.807, 2.05) is 6.92 Å². The predicted octanol–water partition coefficient (Wildman–Crippen LogP) is 3.53. The molecule has 0 atom stereocenters. The number of aromatic nitrogens is 2. The van der Waals surface area contributed by atoms with Crippen LogP contribution in [0.2, 0.25) is 0 Å². The van der Waals surface area contributed by atoms with Gasteiger partial charge < -0.3 is 4.90 Å². The molecule has 116 valence electrons. The molecule has 1 amide bonds. The summed E-state index contributed by atoms with van der Waals surface area (Å²) in [5.41, 5.74) is 2.49. The molecule has 3 rings (SSSR count). The Labute approximate surface area is 133 Å². The van der Waals surface area contributed by atoms with Crippen LogP contribution < -0.4 is 0 Å². The van der Waals surface area contributed by atoms with Gasteiger partial charge in [-0.05, 0) is 37.3 Å². The molecule has 23 heavy (non-hydrogen) atoms. The van der Waals surface area contributed by atoms with E-state index in [4.69, 9.17) is 0 Å². The molecule has 4 nitrogen and oxygen atoms in total. The van der Waals surface area contributed by atoms with Crippen molar-refractivity contribution in [3.8, 4) is 11.3 Å². The summed E-state index contributed by atoms with van der Waals surface area (Å²) < 4.78 is 13.9. The van der Waals surface area contributed by atoms with Crippen LogP contribution in [0.1, 0.15) is 17.3 Å². The molecule has 0 saturated carbocycles. The van der Waals surface area contributed by atoms with Crippen molar-refractivity contribution in [2.24, 2.45) is 0 Å². The van der Waals surface area contributed by atoms with Crippen LogP contribution in [0.4, 0.5) is 4.39 Å². The lowest BCUT2D eigenvalue weighted by Gasteiger charge is -2.14. The van der Waals surface area contributed by atoms with E-state index in [2.05, 4.69) is 9.97 Å². The molecule has 2 aromatic heterocycles. The van der Waals surface area contributed by atoms with Crippen molar-refractivity contribution in [1.82, 2.24) is 14.9 Å². The van der Waals surface area contributed by atoms with Crippen molar-refractivity contribution in [1.29, 1.82) is 0 Å². The number of fused-ring (bicyclic) bond motifs is 1. The first-order valence-electron chi connectivity index (χ1n) is 7.36. The van der Waals surface area contributed by atoms with E-state index in [-0.39, 0.29) is 11.7 Å². The summed E-state index contributed by atoms with van der Waals surface area (Å²) in [7, 11) is 1.74. The van der Waals surface area contributed by atoms with E-state index in [1.54, 1.807) is 48.5 Å². The molecule has 2 heterocycles. The van der Waals surface area contributed by atoms with Crippen LogP contribution in [0, 0.1) is 5.82 Å². The Balaban J connectivity index is 1.96. The van der Waals surface area contributed by atoms with E-state index in [1.165, 1.54) is 12.3 Å². The highest BCUT2D eigenvalue weighted by Crippen LogP contribution is 2.23. The minimum atomic E-state index is -0.312. The fourth-order valence-electron chi connectivity index (χ4n) is 2.31. The highest BCUT2D eigenvalue weighted by atomic mass is 19.1. The van der Waals surface area contributed by atoms with Gasteiger partial charge in [0.1, 0.15) is 5.82 Å². The minimum Gasteiger partial charge on any atom is -0.342 e. The first-order chi connectivity index (χ1) is 11.1. The Morgan fingerprint density at radius 1 is 1.17 bits per heavy atom. The summed E-state index contributed by atoms with van der Waals surface area (Å²) in [5.74, 6) is -0.387. The normalized spacial score (nSPS) is 10.7. The van der Waals surface area contributed by atoms with E-state index in [0.717, 1.165) is 0 Å². The van der Waals surface area contributed by atoms with E-state index >= 15 is 0 Å². The maximum absolute atomic E-state index is 13.9. The number of nitrogens with zero attached hydrogens (tertiary/aromatic N) is 3. The third kappa shape index (κ3) is 2.90. The average molecular weight is 309 g/mol. The first kappa shape index (κ1) is 15.1. The van der Waals surface area contributed by atoms with Crippen LogP contribution in [0.5, 0.6) is 0 Å². The SMILES string of the molecule is CCN(C)C(=O)c1ccc(-c2cnc3cccc(F)c3c2)nc1. The second-order valence-electron chi connectivity index (χ2n) is 5.28. The number of amides is 1. The van der Waals surface area contributed by atoms with Crippen molar-refractivity contribution in [3.05, 3.63) is 60.2 Å². The van der Waals surface area contributed by atoms with Crippen LogP contribution in [0.15, 0.2) is 48.8 Å². The van der Waals surface area contributed by atoms with Gasteiger partial charge in [-0.2, -0.15) is 0 Å². The number of hydrogen-bond acceptors (Lipinski definition) is 3. The van der Waals surface area contributed by atoms with Crippen molar-refractivity contribution >= 4 is 16.8 Å². The minimum absolute atomic E-state index is 0.0748. The zero-order valence-electron chi connectivity index (χ0n) is 13.0. The molecule has 0 spiro atoms. The highest BCUT2D eigenvalue weighted by Gasteiger charge is 2.11. The summed E-state index contributed by atoms with van der Waals surface area (Å²) in [6, 6.07) is 10.00. The third-order valence-electron chi connectivity index (χ3n) is 3.80. The van der Waals surface area contributed by atoms with Crippen molar-refractivity contribution in [2.45, 2.75) is 6.92 Å². The summed E-state index contributed by atoms with van der Waals surface area (Å²) >= 11 is 0. The monoisotopic (exact) mass is 309 g/mol. The van der Waals surface area contributed by atoms with Gasteiger partial charge >= 0.3 is 0 Å². The molecular weight excluding hydrogens is 293 g/mol. The van der Waals surface area contributed by atoms with Gasteiger partial charge in [0.25, 0.3) is 5.91 Å². The number of rotatable bonds is 3.